The van der Waals surface area contributed by atoms with Crippen molar-refractivity contribution in [3.63, 3.8) is 0 Å². The van der Waals surface area contributed by atoms with Gasteiger partial charge in [0.05, 0.1) is 35.0 Å². The van der Waals surface area contributed by atoms with Crippen molar-refractivity contribution < 1.29 is 14.3 Å². The van der Waals surface area contributed by atoms with Crippen LogP contribution in [0.3, 0.4) is 0 Å². The smallest absolute Gasteiger partial charge is 0.314 e. The third kappa shape index (κ3) is 5.76. The van der Waals surface area contributed by atoms with Crippen LogP contribution in [0.1, 0.15) is 31.4 Å². The van der Waals surface area contributed by atoms with E-state index in [9.17, 15) is 9.59 Å². The van der Waals surface area contributed by atoms with Crippen molar-refractivity contribution in [2.45, 2.75) is 58.2 Å². The molecule has 2 atom stereocenters. The largest absolute Gasteiger partial charge is 0.383 e. The predicted octanol–water partition coefficient (Wildman–Crippen LogP) is 4.26. The topological polar surface area (TPSA) is 115 Å². The summed E-state index contributed by atoms with van der Waals surface area (Å²) in [5, 5.41) is 7.77. The number of ether oxygens (including phenoxy) is 1. The van der Waals surface area contributed by atoms with Crippen LogP contribution in [0.4, 0.5) is 11.5 Å². The number of pyridine rings is 1. The van der Waals surface area contributed by atoms with Gasteiger partial charge < -0.3 is 20.7 Å². The van der Waals surface area contributed by atoms with E-state index in [1.807, 2.05) is 30.3 Å². The maximum Gasteiger partial charge on any atom is 0.314 e. The number of piperidine rings is 1. The van der Waals surface area contributed by atoms with Crippen LogP contribution in [0.2, 0.25) is 25.7 Å². The molecule has 9 nitrogen and oxygen atoms in total. The lowest BCUT2D eigenvalue weighted by molar-refractivity contribution is -0.146. The van der Waals surface area contributed by atoms with E-state index in [1.54, 1.807) is 15.8 Å². The molecule has 192 valence electrons. The number of anilines is 2. The Kier molecular flexibility index (Phi) is 7.75. The monoisotopic (exact) mass is 508 g/mol. The molecule has 3 heterocycles. The number of hydrogen-bond donors (Lipinski definition) is 2. The average molecular weight is 509 g/mol. The highest BCUT2D eigenvalue weighted by Crippen LogP contribution is 2.36. The fourth-order valence-corrected chi connectivity index (χ4v) is 5.48. The van der Waals surface area contributed by atoms with Crippen molar-refractivity contribution in [3.8, 4) is 0 Å². The van der Waals surface area contributed by atoms with E-state index in [2.05, 4.69) is 42.0 Å². The lowest BCUT2D eigenvalue weighted by Crippen LogP contribution is -2.46. The van der Waals surface area contributed by atoms with E-state index in [0.717, 1.165) is 24.4 Å². The van der Waals surface area contributed by atoms with Gasteiger partial charge in [-0.05, 0) is 30.4 Å². The number of nitrogens with one attached hydrogen (secondary N) is 1. The zero-order valence-electron chi connectivity index (χ0n) is 21.5. The highest BCUT2D eigenvalue weighted by Gasteiger charge is 2.36. The molecule has 1 aliphatic heterocycles. The summed E-state index contributed by atoms with van der Waals surface area (Å²) in [6.07, 6.45) is 4.94. The molecule has 1 saturated heterocycles. The molecule has 1 fully saturated rings. The normalized spacial score (nSPS) is 18.4. The zero-order chi connectivity index (χ0) is 25.9. The molecule has 0 unspecified atom stereocenters. The van der Waals surface area contributed by atoms with Gasteiger partial charge in [0.2, 0.25) is 0 Å². The first kappa shape index (κ1) is 25.8. The van der Waals surface area contributed by atoms with Crippen molar-refractivity contribution in [2.24, 2.45) is 5.92 Å². The second-order valence-corrected chi connectivity index (χ2v) is 16.4. The van der Waals surface area contributed by atoms with Crippen LogP contribution in [0.15, 0.2) is 42.7 Å². The first-order valence-corrected chi connectivity index (χ1v) is 16.2. The van der Waals surface area contributed by atoms with Gasteiger partial charge in [-0.3, -0.25) is 9.59 Å². The van der Waals surface area contributed by atoms with Crippen LogP contribution in [-0.4, -0.2) is 52.7 Å². The molecule has 0 saturated carbocycles. The molecule has 0 spiro atoms. The van der Waals surface area contributed by atoms with Crippen LogP contribution in [0.5, 0.6) is 0 Å². The van der Waals surface area contributed by atoms with Crippen molar-refractivity contribution in [2.75, 3.05) is 24.2 Å². The standard InChI is InChI=1S/C26H36N6O3Si/c1-18-9-8-12-31(22(18)19-10-6-5-7-11-19)26(34)25(33)30-21-16-28-24(27)20-15-29-32(23(20)21)17-35-13-14-36(2,3)4/h5-7,10-11,15-16,18,22H,8-9,12-14,17H2,1-4H3,(H2,27,28)(H,30,33)/t18-,22-/m1/s1. The maximum atomic E-state index is 13.4. The van der Waals surface area contributed by atoms with Crippen LogP contribution >= 0.6 is 0 Å². The Labute approximate surface area is 213 Å². The number of fused-ring (bicyclic) bond motifs is 1. The minimum Gasteiger partial charge on any atom is -0.383 e. The molecular formula is C26H36N6O3Si. The Morgan fingerprint density at radius 3 is 2.67 bits per heavy atom. The minimum absolute atomic E-state index is 0.145. The van der Waals surface area contributed by atoms with Crippen molar-refractivity contribution >= 4 is 42.3 Å². The number of nitrogen functional groups attached to an aromatic ring is 1. The molecular weight excluding hydrogens is 472 g/mol. The molecule has 3 aromatic rings. The van der Waals surface area contributed by atoms with E-state index in [4.69, 9.17) is 10.5 Å². The number of benzene rings is 1. The molecule has 10 heteroatoms. The second kappa shape index (κ2) is 10.8. The number of amides is 2. The lowest BCUT2D eigenvalue weighted by Gasteiger charge is -2.40. The predicted molar refractivity (Wildman–Crippen MR) is 144 cm³/mol. The Morgan fingerprint density at radius 1 is 1.19 bits per heavy atom. The quantitative estimate of drug-likeness (QED) is 0.280. The summed E-state index contributed by atoms with van der Waals surface area (Å²) in [5.41, 5.74) is 8.07. The highest BCUT2D eigenvalue weighted by atomic mass is 28.3. The molecule has 2 amide bonds. The summed E-state index contributed by atoms with van der Waals surface area (Å²) < 4.78 is 7.51. The molecule has 36 heavy (non-hydrogen) atoms. The van der Waals surface area contributed by atoms with Gasteiger partial charge in [-0.1, -0.05) is 56.9 Å². The number of carbonyl (C=O) groups is 2. The first-order valence-electron chi connectivity index (χ1n) is 12.5. The van der Waals surface area contributed by atoms with Gasteiger partial charge in [0, 0.05) is 21.2 Å². The number of nitrogens with zero attached hydrogens (tertiary/aromatic N) is 4. The number of likely N-dealkylation sites (tertiary alicyclic amines) is 1. The highest BCUT2D eigenvalue weighted by molar-refractivity contribution is 6.76. The van der Waals surface area contributed by atoms with Gasteiger partial charge in [-0.15, -0.1) is 0 Å². The van der Waals surface area contributed by atoms with Gasteiger partial charge in [-0.25, -0.2) is 9.67 Å². The molecule has 1 aliphatic rings. The lowest BCUT2D eigenvalue weighted by atomic mass is 9.86. The molecule has 0 radical (unpaired) electrons. The van der Waals surface area contributed by atoms with E-state index in [0.29, 0.717) is 35.6 Å². The molecule has 4 rings (SSSR count). The summed E-state index contributed by atoms with van der Waals surface area (Å²) >= 11 is 0. The van der Waals surface area contributed by atoms with E-state index >= 15 is 0 Å². The van der Waals surface area contributed by atoms with Crippen LogP contribution in [-0.2, 0) is 21.1 Å². The molecule has 3 N–H and O–H groups in total. The number of carbonyl (C=O) groups excluding carboxylic acids is 2. The van der Waals surface area contributed by atoms with Crippen LogP contribution < -0.4 is 11.1 Å². The van der Waals surface area contributed by atoms with E-state index < -0.39 is 19.9 Å². The van der Waals surface area contributed by atoms with Crippen molar-refractivity contribution in [1.29, 1.82) is 0 Å². The number of nitrogens with two attached hydrogens (primary N) is 1. The average Bonchev–Trinajstić information content (AvgIpc) is 3.28. The zero-order valence-corrected chi connectivity index (χ0v) is 22.5. The van der Waals surface area contributed by atoms with E-state index in [-0.39, 0.29) is 18.7 Å². The third-order valence-corrected chi connectivity index (χ3v) is 8.40. The molecule has 2 aromatic heterocycles. The van der Waals surface area contributed by atoms with Crippen molar-refractivity contribution in [1.82, 2.24) is 19.7 Å². The van der Waals surface area contributed by atoms with Crippen LogP contribution in [0.25, 0.3) is 10.9 Å². The fourth-order valence-electron chi connectivity index (χ4n) is 4.72. The van der Waals surface area contributed by atoms with Crippen LogP contribution in [0, 0.1) is 5.92 Å². The van der Waals surface area contributed by atoms with Crippen molar-refractivity contribution in [3.05, 3.63) is 48.3 Å². The molecule has 1 aromatic carbocycles. The summed E-state index contributed by atoms with van der Waals surface area (Å²) in [6, 6.07) is 10.8. The van der Waals surface area contributed by atoms with Gasteiger partial charge >= 0.3 is 11.8 Å². The maximum absolute atomic E-state index is 13.4. The Balaban J connectivity index is 1.54. The van der Waals surface area contributed by atoms with Gasteiger partial charge in [0.1, 0.15) is 12.5 Å². The summed E-state index contributed by atoms with van der Waals surface area (Å²) in [7, 11) is -1.22. The van der Waals surface area contributed by atoms with E-state index in [1.165, 1.54) is 6.20 Å². The number of hydrogen-bond acceptors (Lipinski definition) is 6. The Morgan fingerprint density at radius 2 is 1.94 bits per heavy atom. The van der Waals surface area contributed by atoms with Gasteiger partial charge in [0.15, 0.2) is 0 Å². The summed E-state index contributed by atoms with van der Waals surface area (Å²) in [4.78, 5) is 32.5. The number of rotatable bonds is 7. The fraction of sp³-hybridized carbons (Fsp3) is 0.462. The Bertz CT molecular complexity index is 1220. The summed E-state index contributed by atoms with van der Waals surface area (Å²) in [6.45, 7) is 10.4. The first-order chi connectivity index (χ1) is 17.2. The Hall–Kier alpha value is -3.24. The molecule has 0 bridgehead atoms. The summed E-state index contributed by atoms with van der Waals surface area (Å²) in [5.74, 6) is -0.711. The third-order valence-electron chi connectivity index (χ3n) is 6.69. The van der Waals surface area contributed by atoms with Gasteiger partial charge in [-0.2, -0.15) is 5.10 Å². The second-order valence-electron chi connectivity index (χ2n) is 10.7. The van der Waals surface area contributed by atoms with Gasteiger partial charge in [0.25, 0.3) is 0 Å². The molecule has 0 aliphatic carbocycles. The SMILES string of the molecule is C[C@@H]1CCCN(C(=O)C(=O)Nc2cnc(N)c3cnn(COCC[Si](C)(C)C)c23)[C@H]1c1ccccc1. The minimum atomic E-state index is -1.22. The number of aromatic nitrogens is 3.